The summed E-state index contributed by atoms with van der Waals surface area (Å²) in [4.78, 5) is 12.0. The molecule has 1 aromatic rings. The summed E-state index contributed by atoms with van der Waals surface area (Å²) in [6.45, 7) is 1.000. The highest BCUT2D eigenvalue weighted by Crippen LogP contribution is 2.33. The van der Waals surface area contributed by atoms with Gasteiger partial charge in [0.05, 0.1) is 5.92 Å². The second-order valence-electron chi connectivity index (χ2n) is 4.62. The molecular formula is C13H16N2O. The van der Waals surface area contributed by atoms with Crippen LogP contribution in [-0.4, -0.2) is 23.5 Å². The zero-order chi connectivity index (χ0) is 11.0. The largest absolute Gasteiger partial charge is 0.288 e. The van der Waals surface area contributed by atoms with E-state index in [2.05, 4.69) is 22.6 Å². The molecule has 2 aliphatic heterocycles. The Balaban J connectivity index is 1.91. The Hall–Kier alpha value is -1.35. The van der Waals surface area contributed by atoms with Crippen LogP contribution in [0.3, 0.4) is 0 Å². The highest BCUT2D eigenvalue weighted by Gasteiger charge is 2.42. The number of nitrogens with zero attached hydrogens (tertiary/aromatic N) is 1. The molecule has 3 nitrogen and oxygen atoms in total. The van der Waals surface area contributed by atoms with E-state index in [0.717, 1.165) is 18.5 Å². The normalized spacial score (nSPS) is 29.9. The van der Waals surface area contributed by atoms with Crippen LogP contribution < -0.4 is 5.43 Å². The summed E-state index contributed by atoms with van der Waals surface area (Å²) in [5.74, 6) is 0.194. The van der Waals surface area contributed by atoms with E-state index in [9.17, 15) is 4.79 Å². The van der Waals surface area contributed by atoms with Crippen molar-refractivity contribution >= 4 is 5.91 Å². The molecule has 84 valence electrons. The zero-order valence-corrected chi connectivity index (χ0v) is 9.23. The van der Waals surface area contributed by atoms with Crippen LogP contribution in [0.2, 0.25) is 0 Å². The van der Waals surface area contributed by atoms with Crippen LogP contribution in [0.15, 0.2) is 30.3 Å². The topological polar surface area (TPSA) is 32.3 Å². The number of benzene rings is 1. The van der Waals surface area contributed by atoms with Gasteiger partial charge in [0.25, 0.3) is 0 Å². The molecule has 1 aromatic carbocycles. The monoisotopic (exact) mass is 216 g/mol. The van der Waals surface area contributed by atoms with Gasteiger partial charge in [0.2, 0.25) is 5.91 Å². The Morgan fingerprint density at radius 1 is 1.19 bits per heavy atom. The number of rotatable bonds is 1. The highest BCUT2D eigenvalue weighted by atomic mass is 16.2. The fourth-order valence-electron chi connectivity index (χ4n) is 2.86. The first-order valence-electron chi connectivity index (χ1n) is 5.98. The number of hydrogen-bond donors (Lipinski definition) is 1. The summed E-state index contributed by atoms with van der Waals surface area (Å²) in [5, 5.41) is 2.13. The van der Waals surface area contributed by atoms with E-state index < -0.39 is 0 Å². The first-order valence-corrected chi connectivity index (χ1v) is 5.98. The lowest BCUT2D eigenvalue weighted by molar-refractivity contribution is -0.122. The van der Waals surface area contributed by atoms with Gasteiger partial charge in [-0.2, -0.15) is 0 Å². The third-order valence-electron chi connectivity index (χ3n) is 3.63. The average Bonchev–Trinajstić information content (AvgIpc) is 2.66. The number of carbonyl (C=O) groups excluding carboxylic acids is 1. The lowest BCUT2D eigenvalue weighted by Crippen LogP contribution is -2.41. The molecule has 0 aromatic heterocycles. The van der Waals surface area contributed by atoms with E-state index in [0.29, 0.717) is 6.04 Å². The minimum Gasteiger partial charge on any atom is -0.288 e. The molecule has 1 N–H and O–H groups in total. The maximum atomic E-state index is 12.0. The lowest BCUT2D eigenvalue weighted by Gasteiger charge is -2.30. The maximum absolute atomic E-state index is 12.0. The number of hydrazine groups is 1. The van der Waals surface area contributed by atoms with Gasteiger partial charge < -0.3 is 0 Å². The van der Waals surface area contributed by atoms with Crippen molar-refractivity contribution in [3.8, 4) is 0 Å². The van der Waals surface area contributed by atoms with Gasteiger partial charge in [-0.1, -0.05) is 36.8 Å². The number of carbonyl (C=O) groups is 1. The van der Waals surface area contributed by atoms with E-state index >= 15 is 0 Å². The third-order valence-corrected chi connectivity index (χ3v) is 3.63. The molecule has 2 fully saturated rings. The zero-order valence-electron chi connectivity index (χ0n) is 9.23. The Kier molecular flexibility index (Phi) is 2.40. The molecule has 2 heterocycles. The molecule has 3 rings (SSSR count). The van der Waals surface area contributed by atoms with Crippen LogP contribution in [0, 0.1) is 0 Å². The number of piperidine rings is 1. The Labute approximate surface area is 95.4 Å². The summed E-state index contributed by atoms with van der Waals surface area (Å²) >= 11 is 0. The fourth-order valence-corrected chi connectivity index (χ4v) is 2.86. The van der Waals surface area contributed by atoms with Crippen LogP contribution in [-0.2, 0) is 4.79 Å². The molecule has 0 bridgehead atoms. The lowest BCUT2D eigenvalue weighted by atomic mass is 9.87. The molecule has 0 saturated carbocycles. The van der Waals surface area contributed by atoms with Crippen molar-refractivity contribution in [3.63, 3.8) is 0 Å². The summed E-state index contributed by atoms with van der Waals surface area (Å²) in [5.41, 5.74) is 4.15. The first kappa shape index (κ1) is 9.85. The van der Waals surface area contributed by atoms with Crippen LogP contribution >= 0.6 is 0 Å². The molecule has 16 heavy (non-hydrogen) atoms. The van der Waals surface area contributed by atoms with Crippen LogP contribution in [0.5, 0.6) is 0 Å². The van der Waals surface area contributed by atoms with Gasteiger partial charge in [0.15, 0.2) is 0 Å². The van der Waals surface area contributed by atoms with Crippen LogP contribution in [0.1, 0.15) is 30.7 Å². The number of amides is 1. The standard InChI is InChI=1S/C13H16N2O/c16-13-12(10-6-2-1-3-7-10)11-8-4-5-9-15(11)14-13/h1-3,6-7,11-12H,4-5,8-9H2,(H,14,16)/t11-,12+/m0/s1. The predicted octanol–water partition coefficient (Wildman–Crippen LogP) is 1.67. The summed E-state index contributed by atoms with van der Waals surface area (Å²) < 4.78 is 0. The molecule has 0 aliphatic carbocycles. The van der Waals surface area contributed by atoms with Gasteiger partial charge >= 0.3 is 0 Å². The molecule has 0 spiro atoms. The van der Waals surface area contributed by atoms with E-state index in [1.807, 2.05) is 18.2 Å². The first-order chi connectivity index (χ1) is 7.86. The van der Waals surface area contributed by atoms with Crippen molar-refractivity contribution in [1.29, 1.82) is 0 Å². The van der Waals surface area contributed by atoms with Crippen molar-refractivity contribution < 1.29 is 4.79 Å². The molecule has 0 radical (unpaired) electrons. The van der Waals surface area contributed by atoms with Gasteiger partial charge in [-0.05, 0) is 18.4 Å². The molecule has 2 saturated heterocycles. The predicted molar refractivity (Wildman–Crippen MR) is 61.7 cm³/mol. The van der Waals surface area contributed by atoms with E-state index in [-0.39, 0.29) is 11.8 Å². The summed E-state index contributed by atoms with van der Waals surface area (Å²) in [6, 6.07) is 10.5. The Bertz CT molecular complexity index is 390. The van der Waals surface area contributed by atoms with Crippen LogP contribution in [0.4, 0.5) is 0 Å². The van der Waals surface area contributed by atoms with Crippen molar-refractivity contribution in [1.82, 2.24) is 10.4 Å². The van der Waals surface area contributed by atoms with Crippen molar-refractivity contribution in [2.45, 2.75) is 31.2 Å². The number of fused-ring (bicyclic) bond motifs is 1. The molecule has 0 unspecified atom stereocenters. The second-order valence-corrected chi connectivity index (χ2v) is 4.62. The Morgan fingerprint density at radius 3 is 2.81 bits per heavy atom. The van der Waals surface area contributed by atoms with E-state index in [1.165, 1.54) is 12.8 Å². The van der Waals surface area contributed by atoms with Gasteiger partial charge in [0, 0.05) is 12.6 Å². The fraction of sp³-hybridized carbons (Fsp3) is 0.462. The third kappa shape index (κ3) is 1.52. The molecule has 2 atom stereocenters. The molecule has 3 heteroatoms. The molecular weight excluding hydrogens is 200 g/mol. The average molecular weight is 216 g/mol. The second kappa shape index (κ2) is 3.91. The maximum Gasteiger partial charge on any atom is 0.243 e. The number of nitrogens with one attached hydrogen (secondary N) is 1. The van der Waals surface area contributed by atoms with Gasteiger partial charge in [-0.3, -0.25) is 10.2 Å². The van der Waals surface area contributed by atoms with E-state index in [4.69, 9.17) is 0 Å². The Morgan fingerprint density at radius 2 is 2.00 bits per heavy atom. The SMILES string of the molecule is O=C1NN2CCCC[C@H]2[C@H]1c1ccccc1. The van der Waals surface area contributed by atoms with Crippen molar-refractivity contribution in [2.75, 3.05) is 6.54 Å². The quantitative estimate of drug-likeness (QED) is 0.774. The summed E-state index contributed by atoms with van der Waals surface area (Å²) in [6.07, 6.45) is 3.55. The summed E-state index contributed by atoms with van der Waals surface area (Å²) in [7, 11) is 0. The van der Waals surface area contributed by atoms with Crippen LogP contribution in [0.25, 0.3) is 0 Å². The minimum absolute atomic E-state index is 0.0292. The smallest absolute Gasteiger partial charge is 0.243 e. The number of hydrogen-bond acceptors (Lipinski definition) is 2. The van der Waals surface area contributed by atoms with Gasteiger partial charge in [0.1, 0.15) is 0 Å². The van der Waals surface area contributed by atoms with E-state index in [1.54, 1.807) is 0 Å². The van der Waals surface area contributed by atoms with Crippen molar-refractivity contribution in [2.24, 2.45) is 0 Å². The van der Waals surface area contributed by atoms with Gasteiger partial charge in [-0.25, -0.2) is 5.01 Å². The highest BCUT2D eigenvalue weighted by molar-refractivity contribution is 5.86. The van der Waals surface area contributed by atoms with Gasteiger partial charge in [-0.15, -0.1) is 0 Å². The minimum atomic E-state index is 0.0292. The molecule has 1 amide bonds. The molecule has 2 aliphatic rings. The van der Waals surface area contributed by atoms with Crippen molar-refractivity contribution in [3.05, 3.63) is 35.9 Å².